The summed E-state index contributed by atoms with van der Waals surface area (Å²) in [5.74, 6) is 0. The van der Waals surface area contributed by atoms with Gasteiger partial charge in [-0.1, -0.05) is 0 Å². The van der Waals surface area contributed by atoms with Gasteiger partial charge in [-0.2, -0.15) is 0 Å². The molecule has 0 aliphatic carbocycles. The van der Waals surface area contributed by atoms with Gasteiger partial charge in [0, 0.05) is 18.9 Å². The number of aryl methyl sites for hydroxylation is 1. The third-order valence-corrected chi connectivity index (χ3v) is 1.76. The predicted molar refractivity (Wildman–Crippen MR) is 47.9 cm³/mol. The maximum absolute atomic E-state index is 11.2. The monoisotopic (exact) mass is 184 g/mol. The van der Waals surface area contributed by atoms with E-state index in [0.717, 1.165) is 0 Å². The van der Waals surface area contributed by atoms with Crippen LogP contribution in [0, 0.1) is 6.92 Å². The molecule has 0 atom stereocenters. The Morgan fingerprint density at radius 3 is 2.77 bits per heavy atom. The minimum Gasteiger partial charge on any atom is -0.383 e. The van der Waals surface area contributed by atoms with Crippen LogP contribution in [-0.2, 0) is 11.3 Å². The Kier molecular flexibility index (Phi) is 3.02. The van der Waals surface area contributed by atoms with E-state index in [4.69, 9.17) is 4.74 Å². The van der Waals surface area contributed by atoms with Gasteiger partial charge in [0.05, 0.1) is 13.2 Å². The zero-order valence-electron chi connectivity index (χ0n) is 7.66. The molecular weight excluding hydrogens is 172 g/mol. The van der Waals surface area contributed by atoms with Crippen molar-refractivity contribution in [2.24, 2.45) is 0 Å². The molecular formula is C8H12N2O3. The van der Waals surface area contributed by atoms with Crippen molar-refractivity contribution in [2.75, 3.05) is 13.7 Å². The van der Waals surface area contributed by atoms with Gasteiger partial charge >= 0.3 is 5.69 Å². The Morgan fingerprint density at radius 1 is 1.54 bits per heavy atom. The zero-order chi connectivity index (χ0) is 9.84. The summed E-state index contributed by atoms with van der Waals surface area (Å²) >= 11 is 0. The van der Waals surface area contributed by atoms with Gasteiger partial charge in [-0.05, 0) is 6.92 Å². The van der Waals surface area contributed by atoms with Crippen LogP contribution >= 0.6 is 0 Å². The summed E-state index contributed by atoms with van der Waals surface area (Å²) in [7, 11) is 1.56. The third kappa shape index (κ3) is 2.29. The molecule has 0 aliphatic rings. The van der Waals surface area contributed by atoms with Crippen LogP contribution in [0.1, 0.15) is 5.69 Å². The second-order valence-corrected chi connectivity index (χ2v) is 2.72. The van der Waals surface area contributed by atoms with E-state index in [2.05, 4.69) is 4.98 Å². The SMILES string of the molecule is COCCn1c(C)cc(=O)[nH]c1=O. The molecule has 5 nitrogen and oxygen atoms in total. The molecule has 0 saturated heterocycles. The number of hydrogen-bond donors (Lipinski definition) is 1. The van der Waals surface area contributed by atoms with Crippen LogP contribution in [0.3, 0.4) is 0 Å². The molecule has 1 aromatic heterocycles. The lowest BCUT2D eigenvalue weighted by Gasteiger charge is -2.06. The van der Waals surface area contributed by atoms with Gasteiger partial charge in [0.15, 0.2) is 0 Å². The fraction of sp³-hybridized carbons (Fsp3) is 0.500. The van der Waals surface area contributed by atoms with Gasteiger partial charge in [-0.25, -0.2) is 4.79 Å². The van der Waals surface area contributed by atoms with Crippen molar-refractivity contribution in [3.05, 3.63) is 32.6 Å². The number of hydrogen-bond acceptors (Lipinski definition) is 3. The molecule has 13 heavy (non-hydrogen) atoms. The van der Waals surface area contributed by atoms with E-state index in [1.54, 1.807) is 14.0 Å². The Balaban J connectivity index is 3.07. The lowest BCUT2D eigenvalue weighted by atomic mass is 10.4. The molecule has 1 rings (SSSR count). The molecule has 5 heteroatoms. The smallest absolute Gasteiger partial charge is 0.328 e. The summed E-state index contributed by atoms with van der Waals surface area (Å²) in [5, 5.41) is 0. The topological polar surface area (TPSA) is 64.1 Å². The van der Waals surface area contributed by atoms with E-state index in [-0.39, 0.29) is 11.2 Å². The summed E-state index contributed by atoms with van der Waals surface area (Å²) in [6.45, 7) is 2.62. The van der Waals surface area contributed by atoms with Gasteiger partial charge in [0.1, 0.15) is 0 Å². The first-order chi connectivity index (χ1) is 6.15. The largest absolute Gasteiger partial charge is 0.383 e. The lowest BCUT2D eigenvalue weighted by Crippen LogP contribution is -2.32. The van der Waals surface area contributed by atoms with E-state index in [1.807, 2.05) is 0 Å². The molecule has 0 bridgehead atoms. The van der Waals surface area contributed by atoms with Gasteiger partial charge in [0.25, 0.3) is 5.56 Å². The molecule has 0 saturated carbocycles. The summed E-state index contributed by atoms with van der Waals surface area (Å²) in [5.41, 5.74) is -0.107. The van der Waals surface area contributed by atoms with Crippen LogP contribution in [0.4, 0.5) is 0 Å². The molecule has 0 aliphatic heterocycles. The molecule has 0 fully saturated rings. The highest BCUT2D eigenvalue weighted by molar-refractivity contribution is 4.98. The molecule has 0 unspecified atom stereocenters. The minimum atomic E-state index is -0.387. The standard InChI is InChI=1S/C8H12N2O3/c1-6-5-7(11)9-8(12)10(6)3-4-13-2/h5H,3-4H2,1-2H3,(H,9,11,12). The number of methoxy groups -OCH3 is 1. The van der Waals surface area contributed by atoms with Crippen LogP contribution in [0.25, 0.3) is 0 Å². The fourth-order valence-corrected chi connectivity index (χ4v) is 1.10. The summed E-state index contributed by atoms with van der Waals surface area (Å²) in [6.07, 6.45) is 0. The van der Waals surface area contributed by atoms with Crippen molar-refractivity contribution in [3.63, 3.8) is 0 Å². The Morgan fingerprint density at radius 2 is 2.23 bits per heavy atom. The predicted octanol–water partition coefficient (Wildman–Crippen LogP) is -0.509. The Hall–Kier alpha value is -1.36. The molecule has 0 amide bonds. The van der Waals surface area contributed by atoms with Crippen molar-refractivity contribution in [2.45, 2.75) is 13.5 Å². The number of ether oxygens (including phenoxy) is 1. The molecule has 0 spiro atoms. The summed E-state index contributed by atoms with van der Waals surface area (Å²) in [6, 6.07) is 1.39. The summed E-state index contributed by atoms with van der Waals surface area (Å²) < 4.78 is 6.30. The molecule has 1 heterocycles. The molecule has 0 radical (unpaired) electrons. The van der Waals surface area contributed by atoms with Crippen molar-refractivity contribution in [3.8, 4) is 0 Å². The van der Waals surface area contributed by atoms with Crippen LogP contribution in [-0.4, -0.2) is 23.3 Å². The van der Waals surface area contributed by atoms with Crippen molar-refractivity contribution < 1.29 is 4.74 Å². The first-order valence-electron chi connectivity index (χ1n) is 3.95. The highest BCUT2D eigenvalue weighted by Crippen LogP contribution is 1.88. The normalized spacial score (nSPS) is 10.3. The van der Waals surface area contributed by atoms with Gasteiger partial charge in [-0.3, -0.25) is 14.3 Å². The van der Waals surface area contributed by atoms with Crippen molar-refractivity contribution in [1.29, 1.82) is 0 Å². The number of rotatable bonds is 3. The Bertz CT molecular complexity index is 391. The molecule has 0 aromatic carbocycles. The highest BCUT2D eigenvalue weighted by Gasteiger charge is 2.00. The van der Waals surface area contributed by atoms with Gasteiger partial charge < -0.3 is 4.74 Å². The van der Waals surface area contributed by atoms with E-state index in [0.29, 0.717) is 18.8 Å². The van der Waals surface area contributed by atoms with Crippen molar-refractivity contribution in [1.82, 2.24) is 9.55 Å². The first kappa shape index (κ1) is 9.73. The number of H-pyrrole nitrogens is 1. The Labute approximate surface area is 75.0 Å². The molecule has 1 N–H and O–H groups in total. The van der Waals surface area contributed by atoms with Gasteiger partial charge in [0.2, 0.25) is 0 Å². The number of aromatic nitrogens is 2. The van der Waals surface area contributed by atoms with Crippen LogP contribution in [0.15, 0.2) is 15.7 Å². The summed E-state index contributed by atoms with van der Waals surface area (Å²) in [4.78, 5) is 24.2. The van der Waals surface area contributed by atoms with Crippen molar-refractivity contribution >= 4 is 0 Å². The van der Waals surface area contributed by atoms with Gasteiger partial charge in [-0.15, -0.1) is 0 Å². The first-order valence-corrected chi connectivity index (χ1v) is 3.95. The maximum Gasteiger partial charge on any atom is 0.328 e. The minimum absolute atomic E-state index is 0.365. The second kappa shape index (κ2) is 4.04. The highest BCUT2D eigenvalue weighted by atomic mass is 16.5. The van der Waals surface area contributed by atoms with Crippen LogP contribution < -0.4 is 11.2 Å². The average molecular weight is 184 g/mol. The number of aromatic amines is 1. The quantitative estimate of drug-likeness (QED) is 0.688. The third-order valence-electron chi connectivity index (χ3n) is 1.76. The molecule has 72 valence electrons. The van der Waals surface area contributed by atoms with E-state index in [1.165, 1.54) is 10.6 Å². The van der Waals surface area contributed by atoms with E-state index < -0.39 is 0 Å². The lowest BCUT2D eigenvalue weighted by molar-refractivity contribution is 0.185. The van der Waals surface area contributed by atoms with E-state index >= 15 is 0 Å². The van der Waals surface area contributed by atoms with Crippen LogP contribution in [0.5, 0.6) is 0 Å². The maximum atomic E-state index is 11.2. The van der Waals surface area contributed by atoms with E-state index in [9.17, 15) is 9.59 Å². The number of nitrogens with zero attached hydrogens (tertiary/aromatic N) is 1. The molecule has 1 aromatic rings. The second-order valence-electron chi connectivity index (χ2n) is 2.72. The van der Waals surface area contributed by atoms with Crippen LogP contribution in [0.2, 0.25) is 0 Å². The number of nitrogens with one attached hydrogen (secondary N) is 1. The average Bonchev–Trinajstić information content (AvgIpc) is 2.02. The fourth-order valence-electron chi connectivity index (χ4n) is 1.10. The zero-order valence-corrected chi connectivity index (χ0v) is 7.66.